The predicted octanol–water partition coefficient (Wildman–Crippen LogP) is 7.05. The first-order chi connectivity index (χ1) is 14.5. The van der Waals surface area contributed by atoms with Crippen LogP contribution in [0.2, 0.25) is 0 Å². The van der Waals surface area contributed by atoms with Gasteiger partial charge in [0.2, 0.25) is 0 Å². The number of rotatable bonds is 9. The number of anilines is 1. The molecule has 1 aromatic rings. The molecule has 31 heavy (non-hydrogen) atoms. The maximum Gasteiger partial charge on any atom is 0.411 e. The highest BCUT2D eigenvalue weighted by molar-refractivity contribution is 5.84. The fourth-order valence-electron chi connectivity index (χ4n) is 4.24. The lowest BCUT2D eigenvalue weighted by Crippen LogP contribution is -2.33. The molecule has 176 valence electrons. The lowest BCUT2D eigenvalue weighted by molar-refractivity contribution is -0.138. The van der Waals surface area contributed by atoms with E-state index in [0.717, 1.165) is 6.08 Å². The van der Waals surface area contributed by atoms with Gasteiger partial charge >= 0.3 is 12.1 Å². The molecule has 0 radical (unpaired) electrons. The second kappa shape index (κ2) is 13.9. The van der Waals surface area contributed by atoms with Crippen molar-refractivity contribution in [3.8, 4) is 0 Å². The molecule has 0 aliphatic carbocycles. The Morgan fingerprint density at radius 1 is 0.968 bits per heavy atom. The lowest BCUT2D eigenvalue weighted by Gasteiger charge is -2.42. The monoisotopic (exact) mass is 433 g/mol. The average Bonchev–Trinajstić information content (AvgIpc) is 2.69. The van der Waals surface area contributed by atoms with Gasteiger partial charge in [-0.3, -0.25) is 5.32 Å². The van der Waals surface area contributed by atoms with Gasteiger partial charge in [-0.2, -0.15) is 0 Å². The van der Waals surface area contributed by atoms with Gasteiger partial charge in [0.15, 0.2) is 0 Å². The molecule has 0 aromatic heterocycles. The molecule has 2 atom stereocenters. The zero-order valence-corrected chi connectivity index (χ0v) is 21.0. The van der Waals surface area contributed by atoms with E-state index in [9.17, 15) is 9.59 Å². The predicted molar refractivity (Wildman–Crippen MR) is 129 cm³/mol. The molecular formula is C26H43NO4. The fourth-order valence-corrected chi connectivity index (χ4v) is 4.24. The third-order valence-corrected chi connectivity index (χ3v) is 5.09. The van der Waals surface area contributed by atoms with E-state index in [0.29, 0.717) is 29.4 Å². The minimum absolute atomic E-state index is 0.00330. The Labute approximate surface area is 189 Å². The van der Waals surface area contributed by atoms with Crippen LogP contribution in [0.3, 0.4) is 0 Å². The van der Waals surface area contributed by atoms with Crippen molar-refractivity contribution in [2.24, 2.45) is 23.2 Å². The van der Waals surface area contributed by atoms with E-state index in [-0.39, 0.29) is 18.6 Å². The fraction of sp³-hybridized carbons (Fsp3) is 0.615. The van der Waals surface area contributed by atoms with Gasteiger partial charge < -0.3 is 9.47 Å². The van der Waals surface area contributed by atoms with Gasteiger partial charge in [-0.1, -0.05) is 81.0 Å². The molecule has 2 unspecified atom stereocenters. The van der Waals surface area contributed by atoms with E-state index in [1.165, 1.54) is 5.56 Å². The molecule has 1 amide bonds. The van der Waals surface area contributed by atoms with Gasteiger partial charge in [0.25, 0.3) is 0 Å². The van der Waals surface area contributed by atoms with Crippen molar-refractivity contribution in [1.82, 2.24) is 0 Å². The standard InChI is InChI=1S/C24H37NO4.C2H6/c1-9-20(26)28-14-15-29-23(27)25-19-12-10-18(11-13-19)21(16(2)3)22(17(4)5)24(6,7)8;1-2/h9-13,16-17,21-22H,1,14-15H2,2-8H3,(H,25,27);1-2H3. The Hall–Kier alpha value is -2.30. The van der Waals surface area contributed by atoms with Gasteiger partial charge in [-0.15, -0.1) is 0 Å². The lowest BCUT2D eigenvalue weighted by atomic mass is 9.62. The molecule has 0 bridgehead atoms. The smallest absolute Gasteiger partial charge is 0.411 e. The summed E-state index contributed by atoms with van der Waals surface area (Å²) in [5, 5.41) is 2.70. The van der Waals surface area contributed by atoms with Crippen LogP contribution in [0.1, 0.15) is 73.8 Å². The SMILES string of the molecule is C=CC(=O)OCCOC(=O)Nc1ccc(C(C(C)C)C(C(C)C)C(C)(C)C)cc1.CC. The quantitative estimate of drug-likeness (QED) is 0.257. The summed E-state index contributed by atoms with van der Waals surface area (Å²) in [4.78, 5) is 22.8. The van der Waals surface area contributed by atoms with Gasteiger partial charge in [0.1, 0.15) is 13.2 Å². The second-order valence-corrected chi connectivity index (χ2v) is 9.16. The van der Waals surface area contributed by atoms with E-state index < -0.39 is 12.1 Å². The van der Waals surface area contributed by atoms with Crippen LogP contribution >= 0.6 is 0 Å². The van der Waals surface area contributed by atoms with Crippen molar-refractivity contribution in [2.75, 3.05) is 18.5 Å². The highest BCUT2D eigenvalue weighted by atomic mass is 16.6. The number of esters is 1. The maximum absolute atomic E-state index is 11.9. The van der Waals surface area contributed by atoms with Crippen molar-refractivity contribution in [3.63, 3.8) is 0 Å². The van der Waals surface area contributed by atoms with Crippen LogP contribution in [-0.2, 0) is 14.3 Å². The summed E-state index contributed by atoms with van der Waals surface area (Å²) in [6.45, 7) is 23.4. The summed E-state index contributed by atoms with van der Waals surface area (Å²) < 4.78 is 9.77. The second-order valence-electron chi connectivity index (χ2n) is 9.16. The molecule has 5 heteroatoms. The number of hydrogen-bond acceptors (Lipinski definition) is 4. The molecule has 0 fully saturated rings. The number of carbonyl (C=O) groups excluding carboxylic acids is 2. The van der Waals surface area contributed by atoms with Crippen molar-refractivity contribution < 1.29 is 19.1 Å². The van der Waals surface area contributed by atoms with Gasteiger partial charge in [-0.05, 0) is 46.8 Å². The molecule has 1 rings (SSSR count). The molecule has 0 aliphatic rings. The summed E-state index contributed by atoms with van der Waals surface area (Å²) in [7, 11) is 0. The van der Waals surface area contributed by atoms with Crippen LogP contribution in [0.25, 0.3) is 0 Å². The van der Waals surface area contributed by atoms with Crippen molar-refractivity contribution in [1.29, 1.82) is 0 Å². The number of hydrogen-bond donors (Lipinski definition) is 1. The normalized spacial score (nSPS) is 13.0. The molecule has 1 N–H and O–H groups in total. The maximum atomic E-state index is 11.9. The van der Waals surface area contributed by atoms with Crippen LogP contribution in [-0.4, -0.2) is 25.3 Å². The molecule has 1 aromatic carbocycles. The van der Waals surface area contributed by atoms with Crippen LogP contribution in [0.5, 0.6) is 0 Å². The summed E-state index contributed by atoms with van der Waals surface area (Å²) in [6.07, 6.45) is 0.484. The van der Waals surface area contributed by atoms with Crippen molar-refractivity contribution >= 4 is 17.7 Å². The van der Waals surface area contributed by atoms with E-state index in [2.05, 4.69) is 72.5 Å². The molecule has 5 nitrogen and oxygen atoms in total. The van der Waals surface area contributed by atoms with Crippen LogP contribution in [0.15, 0.2) is 36.9 Å². The molecule has 0 saturated carbocycles. The van der Waals surface area contributed by atoms with E-state index in [4.69, 9.17) is 9.47 Å². The number of carbonyl (C=O) groups is 2. The molecule has 0 heterocycles. The number of benzene rings is 1. The topological polar surface area (TPSA) is 64.6 Å². The molecule has 0 saturated heterocycles. The summed E-state index contributed by atoms with van der Waals surface area (Å²) in [5.41, 5.74) is 2.14. The first-order valence-corrected chi connectivity index (χ1v) is 11.3. The van der Waals surface area contributed by atoms with Crippen LogP contribution in [0.4, 0.5) is 10.5 Å². The van der Waals surface area contributed by atoms with E-state index in [1.807, 2.05) is 26.0 Å². The number of nitrogens with one attached hydrogen (secondary N) is 1. The first-order valence-electron chi connectivity index (χ1n) is 11.3. The molecule has 0 aliphatic heterocycles. The van der Waals surface area contributed by atoms with Crippen LogP contribution in [0, 0.1) is 23.2 Å². The third-order valence-electron chi connectivity index (χ3n) is 5.09. The van der Waals surface area contributed by atoms with Crippen LogP contribution < -0.4 is 5.32 Å². The number of amides is 1. The minimum atomic E-state index is -0.581. The van der Waals surface area contributed by atoms with Gasteiger partial charge in [0, 0.05) is 11.8 Å². The summed E-state index contributed by atoms with van der Waals surface area (Å²) >= 11 is 0. The molecule has 0 spiro atoms. The largest absolute Gasteiger partial charge is 0.459 e. The first kappa shape index (κ1) is 28.7. The Bertz CT molecular complexity index is 672. The third kappa shape index (κ3) is 10.0. The minimum Gasteiger partial charge on any atom is -0.459 e. The summed E-state index contributed by atoms with van der Waals surface area (Å²) in [6, 6.07) is 7.99. The van der Waals surface area contributed by atoms with Crippen molar-refractivity contribution in [3.05, 3.63) is 42.5 Å². The van der Waals surface area contributed by atoms with E-state index in [1.54, 1.807) is 0 Å². The highest BCUT2D eigenvalue weighted by Crippen LogP contribution is 2.46. The molecular weight excluding hydrogens is 390 g/mol. The Morgan fingerprint density at radius 3 is 1.90 bits per heavy atom. The van der Waals surface area contributed by atoms with Gasteiger partial charge in [0.05, 0.1) is 0 Å². The summed E-state index contributed by atoms with van der Waals surface area (Å²) in [5.74, 6) is 1.48. The Kier molecular flexibility index (Phi) is 12.9. The van der Waals surface area contributed by atoms with Gasteiger partial charge in [-0.25, -0.2) is 9.59 Å². The zero-order chi connectivity index (χ0) is 24.2. The number of ether oxygens (including phenoxy) is 2. The highest BCUT2D eigenvalue weighted by Gasteiger charge is 2.36. The Morgan fingerprint density at radius 2 is 1.48 bits per heavy atom. The Balaban J connectivity index is 0.00000436. The van der Waals surface area contributed by atoms with Crippen molar-refractivity contribution in [2.45, 2.75) is 68.2 Å². The average molecular weight is 434 g/mol. The zero-order valence-electron chi connectivity index (χ0n) is 21.0. The van der Waals surface area contributed by atoms with E-state index >= 15 is 0 Å².